The third-order valence-corrected chi connectivity index (χ3v) is 1.62. The van der Waals surface area contributed by atoms with Gasteiger partial charge >= 0.3 is 0 Å². The molecule has 0 radical (unpaired) electrons. The zero-order valence-corrected chi connectivity index (χ0v) is 14.7. The van der Waals surface area contributed by atoms with Crippen LogP contribution in [-0.2, 0) is 18.9 Å². The topological polar surface area (TPSA) is 193 Å². The lowest BCUT2D eigenvalue weighted by Crippen LogP contribution is -2.09. The minimum atomic E-state index is -0.125. The molecule has 11 nitrogen and oxygen atoms in total. The summed E-state index contributed by atoms with van der Waals surface area (Å²) in [7, 11) is 0. The maximum atomic E-state index is 8.26. The average molecular weight is 380 g/mol. The Kier molecular flexibility index (Phi) is 50.2. The Morgan fingerprint density at radius 2 is 0.720 bits per heavy atom. The summed E-state index contributed by atoms with van der Waals surface area (Å²) in [6.07, 6.45) is 0. The molecule has 0 unspecified atom stereocenters. The van der Waals surface area contributed by atoms with Crippen molar-refractivity contribution >= 4 is 0 Å². The molecule has 0 saturated carbocycles. The van der Waals surface area contributed by atoms with Crippen molar-refractivity contribution in [2.24, 2.45) is 0 Å². The molecule has 0 aromatic heterocycles. The van der Waals surface area contributed by atoms with E-state index in [4.69, 9.17) is 40.1 Å². The van der Waals surface area contributed by atoms with E-state index in [1.807, 2.05) is 0 Å². The second-order valence-corrected chi connectivity index (χ2v) is 3.79. The van der Waals surface area contributed by atoms with Crippen LogP contribution in [0, 0.1) is 0 Å². The number of aliphatic hydroxyl groups excluding tert-OH is 6. The predicted octanol–water partition coefficient (Wildman–Crippen LogP) is -3.85. The summed E-state index contributed by atoms with van der Waals surface area (Å²) in [6, 6.07) is 0. The Labute approximate surface area is 148 Å². The summed E-state index contributed by atoms with van der Waals surface area (Å²) in [4.78, 5) is 0. The van der Waals surface area contributed by atoms with Gasteiger partial charge in [-0.05, 0) is 0 Å². The van der Waals surface area contributed by atoms with Gasteiger partial charge in [-0.1, -0.05) is 0 Å². The van der Waals surface area contributed by atoms with Gasteiger partial charge < -0.3 is 55.1 Å². The molecule has 1 heterocycles. The lowest BCUT2D eigenvalue weighted by atomic mass is 10.7. The quantitative estimate of drug-likeness (QED) is 0.144. The van der Waals surface area contributed by atoms with Gasteiger partial charge in [0.15, 0.2) is 0 Å². The molecular formula is C14H36O11. The Balaban J connectivity index is -0.000000127. The zero-order valence-electron chi connectivity index (χ0n) is 14.7. The summed E-state index contributed by atoms with van der Waals surface area (Å²) in [6.45, 7) is 4.17. The van der Waals surface area contributed by atoms with Crippen molar-refractivity contribution in [3.63, 3.8) is 0 Å². The number of hydrogen-bond acceptors (Lipinski definition) is 10. The SMILES string of the molecule is C1CO1.O.OCCO.OCCOCCO.OCCOCCOCCO. The number of aliphatic hydroxyl groups is 6. The van der Waals surface area contributed by atoms with E-state index in [0.717, 1.165) is 13.2 Å². The van der Waals surface area contributed by atoms with E-state index >= 15 is 0 Å². The van der Waals surface area contributed by atoms with E-state index in [-0.39, 0.29) is 45.1 Å². The molecule has 1 fully saturated rings. The minimum Gasteiger partial charge on any atom is -0.412 e. The molecule has 0 aliphatic carbocycles. The second-order valence-electron chi connectivity index (χ2n) is 3.79. The van der Waals surface area contributed by atoms with Crippen molar-refractivity contribution in [2.45, 2.75) is 0 Å². The van der Waals surface area contributed by atoms with Crippen molar-refractivity contribution in [3.8, 4) is 0 Å². The van der Waals surface area contributed by atoms with Gasteiger partial charge in [0, 0.05) is 0 Å². The molecule has 1 aliphatic heterocycles. The van der Waals surface area contributed by atoms with Gasteiger partial charge in [0.1, 0.15) is 0 Å². The van der Waals surface area contributed by atoms with Crippen molar-refractivity contribution < 1.29 is 55.1 Å². The molecule has 158 valence electrons. The summed E-state index contributed by atoms with van der Waals surface area (Å²) in [5.74, 6) is 0. The van der Waals surface area contributed by atoms with E-state index in [2.05, 4.69) is 9.47 Å². The highest BCUT2D eigenvalue weighted by molar-refractivity contribution is 4.36. The van der Waals surface area contributed by atoms with Crippen LogP contribution in [0.15, 0.2) is 0 Å². The zero-order chi connectivity index (χ0) is 18.7. The fourth-order valence-electron chi connectivity index (χ4n) is 0.682. The molecule has 0 atom stereocenters. The first-order valence-corrected chi connectivity index (χ1v) is 7.71. The standard InChI is InChI=1S/C6H14O4.C4H10O3.C2H6O2.C2H4O.H2O/c7-1-3-9-5-6-10-4-2-8;5-1-3-7-4-2-6;3-1-2-4;1-2-3-1;/h7-8H,1-6H2;5-6H,1-4H2;3-4H,1-2H2;1-2H2;1H2. The summed E-state index contributed by atoms with van der Waals surface area (Å²) >= 11 is 0. The van der Waals surface area contributed by atoms with Crippen molar-refractivity contribution in [1.29, 1.82) is 0 Å². The van der Waals surface area contributed by atoms with Crippen LogP contribution in [0.1, 0.15) is 0 Å². The van der Waals surface area contributed by atoms with E-state index < -0.39 is 0 Å². The van der Waals surface area contributed by atoms with Crippen molar-refractivity contribution in [3.05, 3.63) is 0 Å². The van der Waals surface area contributed by atoms with Gasteiger partial charge in [0.25, 0.3) is 0 Å². The Bertz CT molecular complexity index is 156. The Morgan fingerprint density at radius 3 is 0.880 bits per heavy atom. The molecule has 0 spiro atoms. The monoisotopic (exact) mass is 380 g/mol. The van der Waals surface area contributed by atoms with Crippen LogP contribution in [0.4, 0.5) is 0 Å². The fourth-order valence-corrected chi connectivity index (χ4v) is 0.682. The molecule has 0 aromatic carbocycles. The highest BCUT2D eigenvalue weighted by Gasteiger charge is 1.94. The number of epoxide rings is 1. The third-order valence-electron chi connectivity index (χ3n) is 1.62. The average Bonchev–Trinajstić information content (AvgIpc) is 3.48. The van der Waals surface area contributed by atoms with Crippen molar-refractivity contribution in [1.82, 2.24) is 0 Å². The molecule has 8 N–H and O–H groups in total. The highest BCUT2D eigenvalue weighted by Crippen LogP contribution is 1.84. The van der Waals surface area contributed by atoms with E-state index in [0.29, 0.717) is 39.6 Å². The largest absolute Gasteiger partial charge is 0.412 e. The van der Waals surface area contributed by atoms with Gasteiger partial charge in [-0.15, -0.1) is 0 Å². The molecule has 0 bridgehead atoms. The van der Waals surface area contributed by atoms with Gasteiger partial charge in [-0.25, -0.2) is 0 Å². The van der Waals surface area contributed by atoms with Crippen LogP contribution in [0.3, 0.4) is 0 Å². The van der Waals surface area contributed by atoms with E-state index in [1.54, 1.807) is 0 Å². The molecule has 0 amide bonds. The number of hydrogen-bond donors (Lipinski definition) is 6. The first-order chi connectivity index (χ1) is 11.7. The van der Waals surface area contributed by atoms with Crippen LogP contribution in [0.25, 0.3) is 0 Å². The predicted molar refractivity (Wildman–Crippen MR) is 89.4 cm³/mol. The first kappa shape index (κ1) is 32.3. The Morgan fingerprint density at radius 1 is 0.480 bits per heavy atom. The molecular weight excluding hydrogens is 344 g/mol. The van der Waals surface area contributed by atoms with Gasteiger partial charge in [0.2, 0.25) is 0 Å². The molecule has 1 aliphatic rings. The van der Waals surface area contributed by atoms with Crippen LogP contribution >= 0.6 is 0 Å². The van der Waals surface area contributed by atoms with Crippen LogP contribution in [-0.4, -0.2) is 129 Å². The summed E-state index contributed by atoms with van der Waals surface area (Å²) in [5.41, 5.74) is 0. The lowest BCUT2D eigenvalue weighted by Gasteiger charge is -2.01. The Hall–Kier alpha value is -0.440. The summed E-state index contributed by atoms with van der Waals surface area (Å²) < 4.78 is 18.9. The molecule has 1 saturated heterocycles. The smallest absolute Gasteiger partial charge is 0.0701 e. The van der Waals surface area contributed by atoms with Crippen molar-refractivity contribution in [2.75, 3.05) is 92.5 Å². The van der Waals surface area contributed by atoms with Gasteiger partial charge in [-0.3, -0.25) is 0 Å². The van der Waals surface area contributed by atoms with E-state index in [1.165, 1.54) is 0 Å². The molecule has 11 heteroatoms. The van der Waals surface area contributed by atoms with Gasteiger partial charge in [-0.2, -0.15) is 0 Å². The normalized spacial score (nSPS) is 10.8. The second kappa shape index (κ2) is 38.9. The lowest BCUT2D eigenvalue weighted by molar-refractivity contribution is 0.0222. The molecule has 1 rings (SSSR count). The minimum absolute atomic E-state index is 0. The maximum absolute atomic E-state index is 8.26. The van der Waals surface area contributed by atoms with Crippen LogP contribution < -0.4 is 0 Å². The fraction of sp³-hybridized carbons (Fsp3) is 1.00. The summed E-state index contributed by atoms with van der Waals surface area (Å²) in [5, 5.41) is 47.9. The van der Waals surface area contributed by atoms with Gasteiger partial charge in [0.05, 0.1) is 92.5 Å². The maximum Gasteiger partial charge on any atom is 0.0701 e. The first-order valence-electron chi connectivity index (χ1n) is 7.71. The van der Waals surface area contributed by atoms with Crippen LogP contribution in [0.5, 0.6) is 0 Å². The number of rotatable bonds is 12. The molecule has 0 aromatic rings. The molecule has 25 heavy (non-hydrogen) atoms. The highest BCUT2D eigenvalue weighted by atomic mass is 16.6. The number of ether oxygens (including phenoxy) is 4. The third kappa shape index (κ3) is 69.4. The van der Waals surface area contributed by atoms with Crippen LogP contribution in [0.2, 0.25) is 0 Å². The van der Waals surface area contributed by atoms with E-state index in [9.17, 15) is 0 Å².